The lowest BCUT2D eigenvalue weighted by molar-refractivity contribution is -0.131. The van der Waals surface area contributed by atoms with Gasteiger partial charge in [0, 0.05) is 29.7 Å². The van der Waals surface area contributed by atoms with E-state index in [-0.39, 0.29) is 23.8 Å². The number of benzene rings is 1. The number of carbonyl (C=O) groups excluding carboxylic acids is 1. The first-order valence-corrected chi connectivity index (χ1v) is 7.12. The van der Waals surface area contributed by atoms with Crippen molar-refractivity contribution < 1.29 is 9.18 Å². The fourth-order valence-corrected chi connectivity index (χ4v) is 2.25. The molecule has 1 aromatic rings. The summed E-state index contributed by atoms with van der Waals surface area (Å²) in [6.45, 7) is 6.22. The van der Waals surface area contributed by atoms with Crippen molar-refractivity contribution in [2.24, 2.45) is 0 Å². The molecular weight excluding hydrogens is 311 g/mol. The summed E-state index contributed by atoms with van der Waals surface area (Å²) in [5, 5.41) is 3.13. The van der Waals surface area contributed by atoms with Gasteiger partial charge in [0.15, 0.2) is 0 Å². The first-order chi connectivity index (χ1) is 8.86. The largest absolute Gasteiger partial charge is 0.345 e. The van der Waals surface area contributed by atoms with Gasteiger partial charge in [-0.2, -0.15) is 0 Å². The van der Waals surface area contributed by atoms with Gasteiger partial charge in [0.05, 0.1) is 6.04 Å². The summed E-state index contributed by atoms with van der Waals surface area (Å²) >= 11 is 3.32. The molecule has 19 heavy (non-hydrogen) atoms. The topological polar surface area (TPSA) is 32.3 Å². The van der Waals surface area contributed by atoms with E-state index < -0.39 is 0 Å². The second kappa shape index (κ2) is 7.01. The highest BCUT2D eigenvalue weighted by molar-refractivity contribution is 9.10. The number of hydrogen-bond acceptors (Lipinski definition) is 2. The number of halogens is 2. The monoisotopic (exact) mass is 330 g/mol. The van der Waals surface area contributed by atoms with Crippen molar-refractivity contribution in [3.8, 4) is 0 Å². The van der Waals surface area contributed by atoms with Crippen molar-refractivity contribution in [2.75, 3.05) is 13.6 Å². The Kier molecular flexibility index (Phi) is 5.94. The molecule has 106 valence electrons. The molecule has 0 saturated carbocycles. The fourth-order valence-electron chi connectivity index (χ4n) is 1.87. The lowest BCUT2D eigenvalue weighted by Crippen LogP contribution is -2.44. The van der Waals surface area contributed by atoms with Crippen LogP contribution in [0.3, 0.4) is 0 Å². The number of carbonyl (C=O) groups is 1. The Morgan fingerprint density at radius 1 is 1.47 bits per heavy atom. The Hall–Kier alpha value is -0.940. The number of amides is 1. The van der Waals surface area contributed by atoms with Crippen LogP contribution in [0.5, 0.6) is 0 Å². The average molecular weight is 331 g/mol. The Bertz CT molecular complexity index is 453. The van der Waals surface area contributed by atoms with Gasteiger partial charge in [-0.1, -0.05) is 15.9 Å². The Labute approximate surface area is 122 Å². The number of rotatable bonds is 5. The summed E-state index contributed by atoms with van der Waals surface area (Å²) in [5.74, 6) is -0.267. The van der Waals surface area contributed by atoms with Gasteiger partial charge in [0.2, 0.25) is 5.91 Å². The minimum absolute atomic E-state index is 0.00440. The molecule has 1 aromatic carbocycles. The van der Waals surface area contributed by atoms with Gasteiger partial charge < -0.3 is 4.90 Å². The summed E-state index contributed by atoms with van der Waals surface area (Å²) in [5.41, 5.74) is 0.549. The van der Waals surface area contributed by atoms with E-state index in [0.29, 0.717) is 12.1 Å². The smallest absolute Gasteiger partial charge is 0.239 e. The number of nitrogens with zero attached hydrogens (tertiary/aromatic N) is 1. The molecule has 0 fully saturated rings. The van der Waals surface area contributed by atoms with Crippen LogP contribution in [-0.4, -0.2) is 30.4 Å². The number of hydrogen-bond donors (Lipinski definition) is 1. The highest BCUT2D eigenvalue weighted by atomic mass is 79.9. The van der Waals surface area contributed by atoms with E-state index in [1.165, 1.54) is 6.07 Å². The SMILES string of the molecule is CCN(C)C(=O)C(C)NC(C)c1cc(Br)ccc1F. The van der Waals surface area contributed by atoms with Crippen molar-refractivity contribution in [3.63, 3.8) is 0 Å². The standard InChI is InChI=1S/C14H20BrFN2O/c1-5-18(4)14(19)10(3)17-9(2)12-8-11(15)6-7-13(12)16/h6-10,17H,5H2,1-4H3. The molecule has 0 bridgehead atoms. The van der Waals surface area contributed by atoms with Gasteiger partial charge in [-0.3, -0.25) is 10.1 Å². The molecule has 0 aliphatic heterocycles. The third-order valence-corrected chi connectivity index (χ3v) is 3.64. The number of nitrogens with one attached hydrogen (secondary N) is 1. The van der Waals surface area contributed by atoms with Gasteiger partial charge in [0.25, 0.3) is 0 Å². The van der Waals surface area contributed by atoms with E-state index >= 15 is 0 Å². The molecule has 0 radical (unpaired) electrons. The maximum Gasteiger partial charge on any atom is 0.239 e. The predicted octanol–water partition coefficient (Wildman–Crippen LogP) is 3.11. The zero-order valence-corrected chi connectivity index (χ0v) is 13.3. The summed E-state index contributed by atoms with van der Waals surface area (Å²) < 4.78 is 14.6. The van der Waals surface area contributed by atoms with Crippen molar-refractivity contribution >= 4 is 21.8 Å². The molecule has 3 nitrogen and oxygen atoms in total. The lowest BCUT2D eigenvalue weighted by atomic mass is 10.1. The molecule has 0 heterocycles. The molecule has 0 saturated heterocycles. The first kappa shape index (κ1) is 16.1. The summed E-state index contributed by atoms with van der Waals surface area (Å²) in [7, 11) is 1.75. The van der Waals surface area contributed by atoms with Crippen LogP contribution in [0.1, 0.15) is 32.4 Å². The van der Waals surface area contributed by atoms with Crippen LogP contribution in [-0.2, 0) is 4.79 Å². The van der Waals surface area contributed by atoms with E-state index in [1.54, 1.807) is 31.0 Å². The van der Waals surface area contributed by atoms with Gasteiger partial charge >= 0.3 is 0 Å². The minimum Gasteiger partial charge on any atom is -0.345 e. The van der Waals surface area contributed by atoms with Crippen LogP contribution in [0.2, 0.25) is 0 Å². The Morgan fingerprint density at radius 2 is 2.11 bits per heavy atom. The lowest BCUT2D eigenvalue weighted by Gasteiger charge is -2.24. The van der Waals surface area contributed by atoms with Crippen molar-refractivity contribution in [3.05, 3.63) is 34.1 Å². The minimum atomic E-state index is -0.349. The van der Waals surface area contributed by atoms with Crippen LogP contribution in [0.4, 0.5) is 4.39 Å². The van der Waals surface area contributed by atoms with Crippen LogP contribution < -0.4 is 5.32 Å². The summed E-state index contributed by atoms with van der Waals surface area (Å²) in [6.07, 6.45) is 0. The Morgan fingerprint density at radius 3 is 2.68 bits per heavy atom. The van der Waals surface area contributed by atoms with E-state index in [0.717, 1.165) is 4.47 Å². The quantitative estimate of drug-likeness (QED) is 0.899. The normalized spacial score (nSPS) is 14.0. The Balaban J connectivity index is 2.76. The van der Waals surface area contributed by atoms with Crippen LogP contribution in [0.15, 0.2) is 22.7 Å². The molecule has 0 spiro atoms. The fraction of sp³-hybridized carbons (Fsp3) is 0.500. The average Bonchev–Trinajstić information content (AvgIpc) is 2.39. The third-order valence-electron chi connectivity index (χ3n) is 3.15. The van der Waals surface area contributed by atoms with Crippen molar-refractivity contribution in [1.29, 1.82) is 0 Å². The molecular formula is C14H20BrFN2O. The highest BCUT2D eigenvalue weighted by Crippen LogP contribution is 2.22. The van der Waals surface area contributed by atoms with Crippen LogP contribution in [0.25, 0.3) is 0 Å². The summed E-state index contributed by atoms with van der Waals surface area (Å²) in [6, 6.07) is 4.22. The molecule has 1 amide bonds. The highest BCUT2D eigenvalue weighted by Gasteiger charge is 2.20. The maximum atomic E-state index is 13.7. The molecule has 0 aliphatic carbocycles. The zero-order valence-electron chi connectivity index (χ0n) is 11.7. The van der Waals surface area contributed by atoms with E-state index in [4.69, 9.17) is 0 Å². The van der Waals surface area contributed by atoms with Crippen molar-refractivity contribution in [2.45, 2.75) is 32.9 Å². The zero-order chi connectivity index (χ0) is 14.6. The first-order valence-electron chi connectivity index (χ1n) is 6.32. The molecule has 1 rings (SSSR count). The third kappa shape index (κ3) is 4.28. The van der Waals surface area contributed by atoms with Gasteiger partial charge in [0.1, 0.15) is 5.82 Å². The van der Waals surface area contributed by atoms with Crippen molar-refractivity contribution in [1.82, 2.24) is 10.2 Å². The van der Waals surface area contributed by atoms with Gasteiger partial charge in [-0.25, -0.2) is 4.39 Å². The van der Waals surface area contributed by atoms with E-state index in [1.807, 2.05) is 13.8 Å². The molecule has 0 aliphatic rings. The van der Waals surface area contributed by atoms with Gasteiger partial charge in [-0.15, -0.1) is 0 Å². The predicted molar refractivity (Wildman–Crippen MR) is 78.4 cm³/mol. The van der Waals surface area contributed by atoms with Crippen LogP contribution >= 0.6 is 15.9 Å². The second-order valence-corrected chi connectivity index (χ2v) is 5.54. The molecule has 2 atom stereocenters. The second-order valence-electron chi connectivity index (χ2n) is 4.63. The van der Waals surface area contributed by atoms with Crippen LogP contribution in [0, 0.1) is 5.82 Å². The number of likely N-dealkylation sites (N-methyl/N-ethyl adjacent to an activating group) is 1. The molecule has 0 aromatic heterocycles. The summed E-state index contributed by atoms with van der Waals surface area (Å²) in [4.78, 5) is 13.6. The molecule has 2 unspecified atom stereocenters. The molecule has 5 heteroatoms. The van der Waals surface area contributed by atoms with E-state index in [9.17, 15) is 9.18 Å². The van der Waals surface area contributed by atoms with E-state index in [2.05, 4.69) is 21.2 Å². The van der Waals surface area contributed by atoms with Gasteiger partial charge in [-0.05, 0) is 39.0 Å². The molecule has 1 N–H and O–H groups in total. The maximum absolute atomic E-state index is 13.7.